The van der Waals surface area contributed by atoms with E-state index in [0.29, 0.717) is 13.2 Å². The lowest BCUT2D eigenvalue weighted by Crippen LogP contribution is -1.93. The van der Waals surface area contributed by atoms with E-state index in [4.69, 9.17) is 9.47 Å². The van der Waals surface area contributed by atoms with Gasteiger partial charge >= 0.3 is 0 Å². The normalized spacial score (nSPS) is 10.5. The molecule has 3 heteroatoms. The molecule has 25 heavy (non-hydrogen) atoms. The summed E-state index contributed by atoms with van der Waals surface area (Å²) in [5.74, 6) is 1.77. The maximum atomic E-state index is 5.52. The molecule has 0 aliphatic heterocycles. The molecule has 3 nitrogen and oxygen atoms in total. The van der Waals surface area contributed by atoms with Crippen molar-refractivity contribution in [3.8, 4) is 33.9 Å². The summed E-state index contributed by atoms with van der Waals surface area (Å²) in [5, 5.41) is 0. The molecule has 1 heterocycles. The molecule has 0 aliphatic rings. The van der Waals surface area contributed by atoms with E-state index in [1.165, 1.54) is 0 Å². The lowest BCUT2D eigenvalue weighted by molar-refractivity contribution is 0.340. The monoisotopic (exact) mass is 333 g/mol. The average Bonchev–Trinajstić information content (AvgIpc) is 2.63. The van der Waals surface area contributed by atoms with Crippen LogP contribution in [0.15, 0.2) is 60.7 Å². The van der Waals surface area contributed by atoms with Gasteiger partial charge in [0.1, 0.15) is 11.5 Å². The van der Waals surface area contributed by atoms with Crippen molar-refractivity contribution in [1.29, 1.82) is 0 Å². The van der Waals surface area contributed by atoms with Crippen LogP contribution in [-0.2, 0) is 0 Å². The van der Waals surface area contributed by atoms with Gasteiger partial charge in [-0.3, -0.25) is 4.98 Å². The molecule has 0 bridgehead atoms. The van der Waals surface area contributed by atoms with Gasteiger partial charge in [-0.15, -0.1) is 0 Å². The number of hydrogen-bond donors (Lipinski definition) is 0. The first kappa shape index (κ1) is 17.0. The molecule has 1 aromatic heterocycles. The third-order valence-corrected chi connectivity index (χ3v) is 3.91. The second-order valence-electron chi connectivity index (χ2n) is 5.80. The van der Waals surface area contributed by atoms with Gasteiger partial charge in [0.2, 0.25) is 0 Å². The second-order valence-corrected chi connectivity index (χ2v) is 5.80. The molecule has 3 aromatic rings. The third-order valence-electron chi connectivity index (χ3n) is 3.91. The Kier molecular flexibility index (Phi) is 5.34. The molecule has 0 atom stereocenters. The van der Waals surface area contributed by atoms with Gasteiger partial charge < -0.3 is 9.47 Å². The Morgan fingerprint density at radius 3 is 1.72 bits per heavy atom. The molecule has 0 fully saturated rings. The predicted octanol–water partition coefficient (Wildman–Crippen LogP) is 5.52. The van der Waals surface area contributed by atoms with Gasteiger partial charge in [0, 0.05) is 11.3 Å². The van der Waals surface area contributed by atoms with Crippen LogP contribution in [0.1, 0.15) is 19.5 Å². The van der Waals surface area contributed by atoms with Crippen LogP contribution in [0.25, 0.3) is 22.4 Å². The zero-order valence-corrected chi connectivity index (χ0v) is 15.0. The molecule has 2 aromatic carbocycles. The van der Waals surface area contributed by atoms with Crippen LogP contribution in [0, 0.1) is 6.92 Å². The molecule has 0 saturated carbocycles. The Balaban J connectivity index is 1.92. The number of ether oxygens (including phenoxy) is 2. The van der Waals surface area contributed by atoms with Crippen LogP contribution in [0.5, 0.6) is 11.5 Å². The molecule has 0 unspecified atom stereocenters. The fourth-order valence-electron chi connectivity index (χ4n) is 2.78. The van der Waals surface area contributed by atoms with Crippen molar-refractivity contribution in [2.24, 2.45) is 0 Å². The Labute approximate surface area is 149 Å². The third kappa shape index (κ3) is 4.18. The van der Waals surface area contributed by atoms with E-state index in [0.717, 1.165) is 39.6 Å². The topological polar surface area (TPSA) is 31.4 Å². The highest BCUT2D eigenvalue weighted by Gasteiger charge is 2.06. The fraction of sp³-hybridized carbons (Fsp3) is 0.227. The first-order chi connectivity index (χ1) is 12.2. The summed E-state index contributed by atoms with van der Waals surface area (Å²) < 4.78 is 11.0. The summed E-state index contributed by atoms with van der Waals surface area (Å²) in [7, 11) is 0. The summed E-state index contributed by atoms with van der Waals surface area (Å²) in [6.07, 6.45) is 0. The van der Waals surface area contributed by atoms with Crippen LogP contribution in [0.2, 0.25) is 0 Å². The van der Waals surface area contributed by atoms with Crippen molar-refractivity contribution in [2.75, 3.05) is 13.2 Å². The quantitative estimate of drug-likeness (QED) is 0.595. The Morgan fingerprint density at radius 2 is 1.20 bits per heavy atom. The number of benzene rings is 2. The highest BCUT2D eigenvalue weighted by Crippen LogP contribution is 2.28. The molecule has 0 saturated heterocycles. The second kappa shape index (κ2) is 7.84. The van der Waals surface area contributed by atoms with Crippen molar-refractivity contribution >= 4 is 0 Å². The molecule has 0 aliphatic carbocycles. The van der Waals surface area contributed by atoms with Gasteiger partial charge in [-0.25, -0.2) is 0 Å². The standard InChI is InChI=1S/C22H23NO2/c1-4-24-20-10-6-17(7-11-20)19-14-16(3)23-22(15-19)18-8-12-21(13-9-18)25-5-2/h6-15H,4-5H2,1-3H3. The minimum atomic E-state index is 0.671. The van der Waals surface area contributed by atoms with Crippen molar-refractivity contribution in [2.45, 2.75) is 20.8 Å². The summed E-state index contributed by atoms with van der Waals surface area (Å²) in [4.78, 5) is 4.69. The first-order valence-corrected chi connectivity index (χ1v) is 8.64. The number of aromatic nitrogens is 1. The summed E-state index contributed by atoms with van der Waals surface area (Å²) in [6, 6.07) is 20.5. The molecule has 0 N–H and O–H groups in total. The van der Waals surface area contributed by atoms with E-state index in [1.54, 1.807) is 0 Å². The fourth-order valence-corrected chi connectivity index (χ4v) is 2.78. The van der Waals surface area contributed by atoms with E-state index in [2.05, 4.69) is 41.4 Å². The van der Waals surface area contributed by atoms with E-state index < -0.39 is 0 Å². The van der Waals surface area contributed by atoms with Gasteiger partial charge in [-0.1, -0.05) is 12.1 Å². The van der Waals surface area contributed by atoms with Crippen molar-refractivity contribution < 1.29 is 9.47 Å². The van der Waals surface area contributed by atoms with Crippen molar-refractivity contribution in [3.63, 3.8) is 0 Å². The number of rotatable bonds is 6. The van der Waals surface area contributed by atoms with Gasteiger partial charge in [0.15, 0.2) is 0 Å². The van der Waals surface area contributed by atoms with Crippen LogP contribution in [0.3, 0.4) is 0 Å². The van der Waals surface area contributed by atoms with Crippen LogP contribution < -0.4 is 9.47 Å². The lowest BCUT2D eigenvalue weighted by atomic mass is 10.0. The minimum absolute atomic E-state index is 0.671. The first-order valence-electron chi connectivity index (χ1n) is 8.64. The SMILES string of the molecule is CCOc1ccc(-c2cc(C)nc(-c3ccc(OCC)cc3)c2)cc1. The van der Waals surface area contributed by atoms with Gasteiger partial charge in [0.05, 0.1) is 18.9 Å². The van der Waals surface area contributed by atoms with Crippen molar-refractivity contribution in [3.05, 3.63) is 66.4 Å². The molecular formula is C22H23NO2. The van der Waals surface area contributed by atoms with E-state index >= 15 is 0 Å². The smallest absolute Gasteiger partial charge is 0.119 e. The molecule has 0 spiro atoms. The van der Waals surface area contributed by atoms with E-state index in [1.807, 2.05) is 45.0 Å². The Bertz CT molecular complexity index is 756. The maximum Gasteiger partial charge on any atom is 0.119 e. The number of hydrogen-bond acceptors (Lipinski definition) is 3. The molecule has 3 rings (SSSR count). The molecule has 0 radical (unpaired) electrons. The van der Waals surface area contributed by atoms with E-state index in [-0.39, 0.29) is 0 Å². The van der Waals surface area contributed by atoms with Crippen molar-refractivity contribution in [1.82, 2.24) is 4.98 Å². The van der Waals surface area contributed by atoms with Crippen LogP contribution >= 0.6 is 0 Å². The molecule has 0 amide bonds. The number of aryl methyl sites for hydroxylation is 1. The highest BCUT2D eigenvalue weighted by molar-refractivity contribution is 5.71. The molecule has 128 valence electrons. The van der Waals surface area contributed by atoms with Crippen LogP contribution in [-0.4, -0.2) is 18.2 Å². The van der Waals surface area contributed by atoms with Crippen LogP contribution in [0.4, 0.5) is 0 Å². The number of nitrogens with zero attached hydrogens (tertiary/aromatic N) is 1. The average molecular weight is 333 g/mol. The zero-order chi connectivity index (χ0) is 17.6. The van der Waals surface area contributed by atoms with E-state index in [9.17, 15) is 0 Å². The van der Waals surface area contributed by atoms with Gasteiger partial charge in [0.25, 0.3) is 0 Å². The van der Waals surface area contributed by atoms with Gasteiger partial charge in [-0.2, -0.15) is 0 Å². The molecular weight excluding hydrogens is 310 g/mol. The zero-order valence-electron chi connectivity index (χ0n) is 15.0. The minimum Gasteiger partial charge on any atom is -0.494 e. The predicted molar refractivity (Wildman–Crippen MR) is 102 cm³/mol. The summed E-state index contributed by atoms with van der Waals surface area (Å²) >= 11 is 0. The Morgan fingerprint density at radius 1 is 0.680 bits per heavy atom. The maximum absolute atomic E-state index is 5.52. The highest BCUT2D eigenvalue weighted by atomic mass is 16.5. The Hall–Kier alpha value is -2.81. The summed E-state index contributed by atoms with van der Waals surface area (Å²) in [6.45, 7) is 7.35. The number of pyridine rings is 1. The largest absolute Gasteiger partial charge is 0.494 e. The lowest BCUT2D eigenvalue weighted by Gasteiger charge is -2.09. The summed E-state index contributed by atoms with van der Waals surface area (Å²) in [5.41, 5.74) is 5.35. The van der Waals surface area contributed by atoms with Gasteiger partial charge in [-0.05, 0) is 80.4 Å².